The molecule has 1 aromatic heterocycles. The minimum absolute atomic E-state index is 0.0479. The summed E-state index contributed by atoms with van der Waals surface area (Å²) in [5.74, 6) is -0.0561. The SMILES string of the molecule is N#CC(=CNc1cc(Cl)ccc1OC(F)F)c1nn[nH]n1. The highest BCUT2D eigenvalue weighted by Crippen LogP contribution is 2.29. The summed E-state index contributed by atoms with van der Waals surface area (Å²) in [6, 6.07) is 5.90. The van der Waals surface area contributed by atoms with Crippen molar-refractivity contribution in [1.29, 1.82) is 5.26 Å². The molecule has 0 aliphatic carbocycles. The van der Waals surface area contributed by atoms with E-state index in [2.05, 4.69) is 30.7 Å². The van der Waals surface area contributed by atoms with Gasteiger partial charge in [-0.1, -0.05) is 11.6 Å². The molecule has 2 rings (SSSR count). The van der Waals surface area contributed by atoms with Gasteiger partial charge in [0.2, 0.25) is 5.82 Å². The van der Waals surface area contributed by atoms with Crippen LogP contribution >= 0.6 is 11.6 Å². The molecule has 0 spiro atoms. The molecule has 10 heteroatoms. The van der Waals surface area contributed by atoms with Gasteiger partial charge < -0.3 is 10.1 Å². The topological polar surface area (TPSA) is 99.5 Å². The standard InChI is InChI=1S/C11H7ClF2N6O/c12-7-1-2-9(21-11(13)14)8(3-7)16-5-6(4-15)10-17-19-20-18-10/h1-3,5,11,16H,(H,17,18,19,20). The lowest BCUT2D eigenvalue weighted by molar-refractivity contribution is -0.0493. The van der Waals surface area contributed by atoms with Crippen molar-refractivity contribution in [3.8, 4) is 11.8 Å². The van der Waals surface area contributed by atoms with E-state index in [1.807, 2.05) is 6.07 Å². The molecule has 2 aromatic rings. The summed E-state index contributed by atoms with van der Waals surface area (Å²) in [4.78, 5) is 0. The number of aromatic amines is 1. The van der Waals surface area contributed by atoms with Gasteiger partial charge in [0.15, 0.2) is 0 Å². The van der Waals surface area contributed by atoms with E-state index in [1.165, 1.54) is 24.4 Å². The first-order chi connectivity index (χ1) is 10.1. The lowest BCUT2D eigenvalue weighted by Gasteiger charge is -2.10. The summed E-state index contributed by atoms with van der Waals surface area (Å²) in [5.41, 5.74) is 0.214. The van der Waals surface area contributed by atoms with Crippen LogP contribution in [0, 0.1) is 11.3 Å². The molecular weight excluding hydrogens is 306 g/mol. The quantitative estimate of drug-likeness (QED) is 0.823. The molecule has 108 valence electrons. The molecule has 0 aliphatic heterocycles. The molecule has 0 amide bonds. The van der Waals surface area contributed by atoms with Gasteiger partial charge in [0.25, 0.3) is 0 Å². The highest BCUT2D eigenvalue weighted by Gasteiger charge is 2.11. The molecule has 0 aliphatic rings. The fourth-order valence-corrected chi connectivity index (χ4v) is 1.56. The van der Waals surface area contributed by atoms with Gasteiger partial charge in [-0.25, -0.2) is 0 Å². The van der Waals surface area contributed by atoms with Crippen LogP contribution < -0.4 is 10.1 Å². The summed E-state index contributed by atoms with van der Waals surface area (Å²) in [5, 5.41) is 24.7. The van der Waals surface area contributed by atoms with Gasteiger partial charge in [-0.3, -0.25) is 0 Å². The number of tetrazole rings is 1. The number of halogens is 3. The Morgan fingerprint density at radius 1 is 1.52 bits per heavy atom. The van der Waals surface area contributed by atoms with E-state index in [9.17, 15) is 8.78 Å². The first kappa shape index (κ1) is 14.7. The zero-order valence-electron chi connectivity index (χ0n) is 10.2. The Bertz CT molecular complexity index is 683. The maximum absolute atomic E-state index is 12.3. The molecule has 7 nitrogen and oxygen atoms in total. The summed E-state index contributed by atoms with van der Waals surface area (Å²) >= 11 is 5.79. The number of aromatic nitrogens is 4. The number of hydrogen-bond acceptors (Lipinski definition) is 6. The fraction of sp³-hybridized carbons (Fsp3) is 0.0909. The normalized spacial score (nSPS) is 11.3. The molecule has 0 saturated heterocycles. The van der Waals surface area contributed by atoms with E-state index in [0.29, 0.717) is 5.02 Å². The minimum Gasteiger partial charge on any atom is -0.433 e. The molecule has 2 N–H and O–H groups in total. The summed E-state index contributed by atoms with van der Waals surface area (Å²) in [7, 11) is 0. The Kier molecular flexibility index (Phi) is 4.63. The Balaban J connectivity index is 2.26. The number of nitriles is 1. The van der Waals surface area contributed by atoms with Gasteiger partial charge >= 0.3 is 6.61 Å². The number of benzene rings is 1. The van der Waals surface area contributed by atoms with Gasteiger partial charge in [-0.15, -0.1) is 10.2 Å². The summed E-state index contributed by atoms with van der Waals surface area (Å²) in [6.45, 7) is -2.98. The Morgan fingerprint density at radius 3 is 2.95 bits per heavy atom. The largest absolute Gasteiger partial charge is 0.433 e. The number of anilines is 1. The summed E-state index contributed by atoms with van der Waals surface area (Å²) in [6.07, 6.45) is 1.23. The first-order valence-corrected chi connectivity index (χ1v) is 5.83. The van der Waals surface area contributed by atoms with Crippen LogP contribution in [-0.2, 0) is 0 Å². The molecule has 0 atom stereocenters. The lowest BCUT2D eigenvalue weighted by Crippen LogP contribution is -2.04. The summed E-state index contributed by atoms with van der Waals surface area (Å²) < 4.78 is 29.0. The van der Waals surface area contributed by atoms with Crippen molar-refractivity contribution in [3.63, 3.8) is 0 Å². The number of rotatable bonds is 5. The van der Waals surface area contributed by atoms with Gasteiger partial charge in [-0.2, -0.15) is 19.3 Å². The molecule has 0 bridgehead atoms. The second kappa shape index (κ2) is 6.62. The zero-order valence-corrected chi connectivity index (χ0v) is 11.0. The average molecular weight is 313 g/mol. The number of ether oxygens (including phenoxy) is 1. The molecular formula is C11H7ClF2N6O. The molecule has 0 saturated carbocycles. The van der Waals surface area contributed by atoms with E-state index in [-0.39, 0.29) is 22.8 Å². The van der Waals surface area contributed by atoms with E-state index >= 15 is 0 Å². The minimum atomic E-state index is -2.98. The predicted octanol–water partition coefficient (Wildman–Crippen LogP) is 2.43. The number of alkyl halides is 2. The molecule has 0 unspecified atom stereocenters. The van der Waals surface area contributed by atoms with E-state index in [0.717, 1.165) is 0 Å². The highest BCUT2D eigenvalue weighted by molar-refractivity contribution is 6.30. The predicted molar refractivity (Wildman–Crippen MR) is 69.5 cm³/mol. The second-order valence-electron chi connectivity index (χ2n) is 3.57. The third-order valence-corrected chi connectivity index (χ3v) is 2.47. The van der Waals surface area contributed by atoms with Gasteiger partial charge in [0.1, 0.15) is 17.4 Å². The molecule has 1 aromatic carbocycles. The van der Waals surface area contributed by atoms with Crippen LogP contribution in [0.4, 0.5) is 14.5 Å². The zero-order chi connectivity index (χ0) is 15.2. The van der Waals surface area contributed by atoms with Crippen LogP contribution in [0.1, 0.15) is 5.82 Å². The number of nitrogens with one attached hydrogen (secondary N) is 2. The van der Waals surface area contributed by atoms with Crippen LogP contribution in [0.2, 0.25) is 5.02 Å². The Hall–Kier alpha value is -2.73. The molecule has 1 heterocycles. The van der Waals surface area contributed by atoms with Crippen molar-refractivity contribution in [3.05, 3.63) is 35.2 Å². The average Bonchev–Trinajstić information content (AvgIpc) is 2.96. The molecule has 21 heavy (non-hydrogen) atoms. The third kappa shape index (κ3) is 3.87. The molecule has 0 fully saturated rings. The highest BCUT2D eigenvalue weighted by atomic mass is 35.5. The first-order valence-electron chi connectivity index (χ1n) is 5.45. The van der Waals surface area contributed by atoms with Gasteiger partial charge in [0, 0.05) is 11.2 Å². The van der Waals surface area contributed by atoms with E-state index in [4.69, 9.17) is 16.9 Å². The van der Waals surface area contributed by atoms with Crippen molar-refractivity contribution in [1.82, 2.24) is 20.6 Å². The van der Waals surface area contributed by atoms with Crippen molar-refractivity contribution >= 4 is 22.9 Å². The number of hydrogen-bond donors (Lipinski definition) is 2. The fourth-order valence-electron chi connectivity index (χ4n) is 1.39. The maximum atomic E-state index is 12.3. The van der Waals surface area contributed by atoms with E-state index < -0.39 is 6.61 Å². The number of nitrogens with zero attached hydrogens (tertiary/aromatic N) is 4. The monoisotopic (exact) mass is 312 g/mol. The van der Waals surface area contributed by atoms with E-state index in [1.54, 1.807) is 0 Å². The molecule has 0 radical (unpaired) electrons. The van der Waals surface area contributed by atoms with Crippen molar-refractivity contribution < 1.29 is 13.5 Å². The van der Waals surface area contributed by atoms with Crippen LogP contribution in [0.25, 0.3) is 5.57 Å². The van der Waals surface area contributed by atoms with Crippen LogP contribution in [0.3, 0.4) is 0 Å². The lowest BCUT2D eigenvalue weighted by atomic mass is 10.2. The van der Waals surface area contributed by atoms with Crippen LogP contribution in [0.5, 0.6) is 5.75 Å². The van der Waals surface area contributed by atoms with Crippen LogP contribution in [-0.4, -0.2) is 27.2 Å². The van der Waals surface area contributed by atoms with Crippen molar-refractivity contribution in [2.45, 2.75) is 6.61 Å². The smallest absolute Gasteiger partial charge is 0.387 e. The maximum Gasteiger partial charge on any atom is 0.387 e. The van der Waals surface area contributed by atoms with Gasteiger partial charge in [-0.05, 0) is 23.4 Å². The number of allylic oxidation sites excluding steroid dienone is 1. The Morgan fingerprint density at radius 2 is 2.33 bits per heavy atom. The number of H-pyrrole nitrogens is 1. The van der Waals surface area contributed by atoms with Gasteiger partial charge in [0.05, 0.1) is 5.69 Å². The second-order valence-corrected chi connectivity index (χ2v) is 4.00. The Labute approximate surface area is 122 Å². The van der Waals surface area contributed by atoms with Crippen LogP contribution in [0.15, 0.2) is 24.4 Å². The van der Waals surface area contributed by atoms with Crippen molar-refractivity contribution in [2.75, 3.05) is 5.32 Å². The van der Waals surface area contributed by atoms with Crippen molar-refractivity contribution in [2.24, 2.45) is 0 Å². The third-order valence-electron chi connectivity index (χ3n) is 2.24.